The van der Waals surface area contributed by atoms with Crippen molar-refractivity contribution in [2.24, 2.45) is 5.92 Å². The zero-order valence-electron chi connectivity index (χ0n) is 28.3. The summed E-state index contributed by atoms with van der Waals surface area (Å²) in [5.74, 6) is 0.0360. The summed E-state index contributed by atoms with van der Waals surface area (Å²) in [4.78, 5) is 14.3. The molecular formula is C41H45ClN2O6. The van der Waals surface area contributed by atoms with Gasteiger partial charge in [0.05, 0.1) is 24.4 Å². The van der Waals surface area contributed by atoms with Crippen molar-refractivity contribution in [1.29, 1.82) is 0 Å². The summed E-state index contributed by atoms with van der Waals surface area (Å²) >= 11 is 6.10. The summed E-state index contributed by atoms with van der Waals surface area (Å²) in [5, 5.41) is 24.6. The first-order valence-corrected chi connectivity index (χ1v) is 17.5. The Morgan fingerprint density at radius 3 is 2.36 bits per heavy atom. The van der Waals surface area contributed by atoms with Gasteiger partial charge in [0.2, 0.25) is 0 Å². The molecule has 262 valence electrons. The molecule has 2 saturated heterocycles. The number of rotatable bonds is 11. The van der Waals surface area contributed by atoms with E-state index in [0.29, 0.717) is 31.0 Å². The van der Waals surface area contributed by atoms with E-state index in [4.69, 9.17) is 25.8 Å². The number of likely N-dealkylation sites (tertiary alicyclic amines) is 1. The summed E-state index contributed by atoms with van der Waals surface area (Å²) in [7, 11) is 0. The van der Waals surface area contributed by atoms with Crippen LogP contribution in [0, 0.1) is 5.92 Å². The number of amides is 1. The van der Waals surface area contributed by atoms with E-state index in [-0.39, 0.29) is 31.3 Å². The van der Waals surface area contributed by atoms with Gasteiger partial charge in [0, 0.05) is 42.7 Å². The molecule has 0 spiro atoms. The fourth-order valence-electron chi connectivity index (χ4n) is 6.82. The highest BCUT2D eigenvalue weighted by molar-refractivity contribution is 6.30. The fraction of sp³-hybridized carbons (Fsp3) is 0.341. The number of carbonyl (C=O) groups is 1. The maximum Gasteiger partial charge on any atom is 0.407 e. The minimum Gasteiger partial charge on any atom is -0.445 e. The van der Waals surface area contributed by atoms with E-state index >= 15 is 0 Å². The van der Waals surface area contributed by atoms with E-state index in [1.807, 2.05) is 84.9 Å². The molecule has 2 fully saturated rings. The topological polar surface area (TPSA) is 100 Å². The molecule has 2 aliphatic rings. The van der Waals surface area contributed by atoms with Crippen LogP contribution >= 0.6 is 11.6 Å². The molecule has 0 unspecified atom stereocenters. The predicted molar refractivity (Wildman–Crippen MR) is 194 cm³/mol. The second kappa shape index (κ2) is 16.3. The highest BCUT2D eigenvalue weighted by Gasteiger charge is 2.41. The van der Waals surface area contributed by atoms with Gasteiger partial charge in [-0.1, -0.05) is 104 Å². The van der Waals surface area contributed by atoms with E-state index in [9.17, 15) is 15.0 Å². The van der Waals surface area contributed by atoms with Crippen molar-refractivity contribution in [3.8, 4) is 11.1 Å². The lowest BCUT2D eigenvalue weighted by Crippen LogP contribution is -2.49. The molecule has 0 bridgehead atoms. The van der Waals surface area contributed by atoms with Crippen LogP contribution in [-0.2, 0) is 33.0 Å². The zero-order chi connectivity index (χ0) is 35.1. The van der Waals surface area contributed by atoms with Crippen LogP contribution in [0.5, 0.6) is 0 Å². The van der Waals surface area contributed by atoms with Crippen LogP contribution in [0.2, 0.25) is 5.02 Å². The van der Waals surface area contributed by atoms with Gasteiger partial charge in [-0.2, -0.15) is 0 Å². The SMILES string of the molecule is C=CCOC(=O)NCc1cccc(-c2cccc([C@@H]3O[C@H](CN4CCC(O)(c5ccc(Cl)cc5)CC4)[C@H](C)[C@H](c4ccc(CO)cc4)O3)c2)c1. The van der Waals surface area contributed by atoms with Crippen LogP contribution in [0.4, 0.5) is 4.79 Å². The number of nitrogens with one attached hydrogen (secondary N) is 1. The summed E-state index contributed by atoms with van der Waals surface area (Å²) in [6.45, 7) is 8.39. The zero-order valence-corrected chi connectivity index (χ0v) is 29.1. The van der Waals surface area contributed by atoms with E-state index in [1.54, 1.807) is 0 Å². The first-order chi connectivity index (χ1) is 24.2. The van der Waals surface area contributed by atoms with Gasteiger partial charge >= 0.3 is 6.09 Å². The first-order valence-electron chi connectivity index (χ1n) is 17.2. The van der Waals surface area contributed by atoms with Crippen molar-refractivity contribution in [2.75, 3.05) is 26.2 Å². The Kier molecular flexibility index (Phi) is 11.7. The highest BCUT2D eigenvalue weighted by Crippen LogP contribution is 2.43. The molecule has 0 aliphatic carbocycles. The van der Waals surface area contributed by atoms with Crippen LogP contribution in [0.25, 0.3) is 11.1 Å². The van der Waals surface area contributed by atoms with Gasteiger partial charge in [0.25, 0.3) is 0 Å². The van der Waals surface area contributed by atoms with Crippen molar-refractivity contribution in [1.82, 2.24) is 10.2 Å². The molecule has 4 aromatic rings. The van der Waals surface area contributed by atoms with E-state index in [1.165, 1.54) is 6.08 Å². The van der Waals surface area contributed by atoms with Gasteiger partial charge in [-0.25, -0.2) is 4.79 Å². The molecule has 0 radical (unpaired) electrons. The van der Waals surface area contributed by atoms with Crippen molar-refractivity contribution < 1.29 is 29.2 Å². The fourth-order valence-corrected chi connectivity index (χ4v) is 6.95. The number of ether oxygens (including phenoxy) is 3. The maximum absolute atomic E-state index is 11.9. The van der Waals surface area contributed by atoms with Crippen LogP contribution in [0.15, 0.2) is 110 Å². The molecule has 2 heterocycles. The molecule has 6 rings (SSSR count). The van der Waals surface area contributed by atoms with E-state index in [0.717, 1.165) is 52.0 Å². The number of hydrogen-bond acceptors (Lipinski definition) is 7. The second-order valence-corrected chi connectivity index (χ2v) is 13.7. The van der Waals surface area contributed by atoms with Gasteiger partial charge in [-0.3, -0.25) is 0 Å². The first kappa shape index (κ1) is 35.8. The molecule has 2 aliphatic heterocycles. The standard InChI is InChI=1S/C41H45ClN2O6/c1-3-22-48-40(46)43-25-30-6-4-7-32(23-30)33-8-5-9-34(24-33)39-49-37(28(2)38(50-39)31-12-10-29(27-45)11-13-31)26-44-20-18-41(47,19-21-44)35-14-16-36(42)17-15-35/h3-17,23-24,28,37-39,45,47H,1,18-22,25-27H2,2H3,(H,43,46)/t28-,37+,38+,39+/m0/s1. The molecule has 4 atom stereocenters. The Balaban J connectivity index is 1.20. The van der Waals surface area contributed by atoms with Crippen molar-refractivity contribution >= 4 is 17.7 Å². The van der Waals surface area contributed by atoms with E-state index < -0.39 is 18.0 Å². The number of carbonyl (C=O) groups excluding carboxylic acids is 1. The summed E-state index contributed by atoms with van der Waals surface area (Å²) < 4.78 is 18.6. The lowest BCUT2D eigenvalue weighted by molar-refractivity contribution is -0.277. The quantitative estimate of drug-likeness (QED) is 0.138. The molecule has 4 aromatic carbocycles. The number of piperidine rings is 1. The molecule has 3 N–H and O–H groups in total. The molecule has 8 nitrogen and oxygen atoms in total. The monoisotopic (exact) mass is 696 g/mol. The Morgan fingerprint density at radius 2 is 1.66 bits per heavy atom. The number of alkyl carbamates (subject to hydrolysis) is 1. The minimum atomic E-state index is -0.884. The lowest BCUT2D eigenvalue weighted by atomic mass is 9.84. The Hall–Kier alpha value is -4.02. The predicted octanol–water partition coefficient (Wildman–Crippen LogP) is 7.69. The third-order valence-corrected chi connectivity index (χ3v) is 10.1. The number of aliphatic hydroxyl groups excluding tert-OH is 1. The number of benzene rings is 4. The van der Waals surface area contributed by atoms with Crippen LogP contribution in [0.3, 0.4) is 0 Å². The number of halogens is 1. The van der Waals surface area contributed by atoms with Crippen LogP contribution in [-0.4, -0.2) is 53.6 Å². The average Bonchev–Trinajstić information content (AvgIpc) is 3.15. The summed E-state index contributed by atoms with van der Waals surface area (Å²) in [6, 6.07) is 31.7. The van der Waals surface area contributed by atoms with Crippen LogP contribution in [0.1, 0.15) is 60.0 Å². The van der Waals surface area contributed by atoms with Crippen molar-refractivity contribution in [3.63, 3.8) is 0 Å². The lowest BCUT2D eigenvalue weighted by Gasteiger charge is -2.45. The largest absolute Gasteiger partial charge is 0.445 e. The van der Waals surface area contributed by atoms with Gasteiger partial charge in [-0.15, -0.1) is 0 Å². The number of aliphatic hydroxyl groups is 2. The Bertz CT molecular complexity index is 1740. The van der Waals surface area contributed by atoms with Crippen molar-refractivity contribution in [2.45, 2.75) is 57.0 Å². The second-order valence-electron chi connectivity index (χ2n) is 13.2. The third kappa shape index (κ3) is 8.64. The molecule has 0 aromatic heterocycles. The average molecular weight is 697 g/mol. The molecular weight excluding hydrogens is 652 g/mol. The molecule has 9 heteroatoms. The Morgan fingerprint density at radius 1 is 0.960 bits per heavy atom. The summed E-state index contributed by atoms with van der Waals surface area (Å²) in [5.41, 5.74) is 5.75. The Labute approximate surface area is 299 Å². The molecule has 0 saturated carbocycles. The van der Waals surface area contributed by atoms with Gasteiger partial charge in [-0.05, 0) is 70.5 Å². The molecule has 1 amide bonds. The minimum absolute atomic E-state index is 0.0174. The van der Waals surface area contributed by atoms with Crippen LogP contribution < -0.4 is 5.32 Å². The normalized spacial score (nSPS) is 22.1. The highest BCUT2D eigenvalue weighted by atomic mass is 35.5. The third-order valence-electron chi connectivity index (χ3n) is 9.81. The van der Waals surface area contributed by atoms with Gasteiger partial charge < -0.3 is 34.6 Å². The van der Waals surface area contributed by atoms with E-state index in [2.05, 4.69) is 35.9 Å². The maximum atomic E-state index is 11.9. The van der Waals surface area contributed by atoms with Gasteiger partial charge in [0.1, 0.15) is 6.61 Å². The number of nitrogens with zero attached hydrogens (tertiary/aromatic N) is 1. The number of hydrogen-bond donors (Lipinski definition) is 3. The summed E-state index contributed by atoms with van der Waals surface area (Å²) in [6.07, 6.45) is 1.29. The van der Waals surface area contributed by atoms with Crippen molar-refractivity contribution in [3.05, 3.63) is 143 Å². The molecule has 50 heavy (non-hydrogen) atoms. The smallest absolute Gasteiger partial charge is 0.407 e. The van der Waals surface area contributed by atoms with Gasteiger partial charge in [0.15, 0.2) is 6.29 Å².